The van der Waals surface area contributed by atoms with Gasteiger partial charge in [-0.25, -0.2) is 4.79 Å². The molecular formula is C16H21ClN2O5. The van der Waals surface area contributed by atoms with Gasteiger partial charge < -0.3 is 24.8 Å². The van der Waals surface area contributed by atoms with Crippen molar-refractivity contribution < 1.29 is 24.2 Å². The summed E-state index contributed by atoms with van der Waals surface area (Å²) in [5.41, 5.74) is 0.452. The third-order valence-electron chi connectivity index (χ3n) is 3.69. The van der Waals surface area contributed by atoms with Crippen LogP contribution in [0.2, 0.25) is 5.02 Å². The van der Waals surface area contributed by atoms with E-state index in [0.717, 1.165) is 13.0 Å². The van der Waals surface area contributed by atoms with Crippen molar-refractivity contribution in [3.8, 4) is 5.75 Å². The molecule has 8 heteroatoms. The zero-order chi connectivity index (χ0) is 17.5. The van der Waals surface area contributed by atoms with Crippen LogP contribution in [0.25, 0.3) is 0 Å². The lowest BCUT2D eigenvalue weighted by atomic mass is 10.1. The predicted molar refractivity (Wildman–Crippen MR) is 89.8 cm³/mol. The van der Waals surface area contributed by atoms with Crippen LogP contribution in [-0.4, -0.2) is 55.4 Å². The summed E-state index contributed by atoms with van der Waals surface area (Å²) < 4.78 is 11.1. The maximum Gasteiger partial charge on any atom is 0.321 e. The first kappa shape index (κ1) is 18.4. The molecule has 2 rings (SSSR count). The molecule has 132 valence electrons. The molecule has 0 saturated carbocycles. The second-order valence-corrected chi connectivity index (χ2v) is 6.11. The van der Waals surface area contributed by atoms with Gasteiger partial charge in [0.15, 0.2) is 0 Å². The molecule has 1 unspecified atom stereocenters. The van der Waals surface area contributed by atoms with E-state index in [9.17, 15) is 9.59 Å². The lowest BCUT2D eigenvalue weighted by Crippen LogP contribution is -2.33. The Hall–Kier alpha value is -1.99. The number of ether oxygens (including phenoxy) is 2. The fraction of sp³-hybridized carbons (Fsp3) is 0.500. The molecule has 1 aliphatic rings. The maximum atomic E-state index is 12.2. The maximum absolute atomic E-state index is 12.2. The fourth-order valence-corrected chi connectivity index (χ4v) is 2.40. The first-order valence-electron chi connectivity index (χ1n) is 7.69. The molecule has 1 aromatic carbocycles. The number of carboxylic acid groups (broad SMARTS) is 1. The molecule has 1 fully saturated rings. The van der Waals surface area contributed by atoms with Gasteiger partial charge in [0.05, 0.1) is 25.3 Å². The van der Waals surface area contributed by atoms with E-state index in [-0.39, 0.29) is 13.0 Å². The summed E-state index contributed by atoms with van der Waals surface area (Å²) in [6.07, 6.45) is 0.831. The molecule has 1 saturated heterocycles. The quantitative estimate of drug-likeness (QED) is 0.784. The minimum absolute atomic E-state index is 0.108. The molecule has 0 aromatic heterocycles. The van der Waals surface area contributed by atoms with Crippen LogP contribution in [0.5, 0.6) is 5.75 Å². The standard InChI is InChI=1S/C16H21ClN2O5/c1-19(6-4-15(20)21)16(22)18-13-8-12(17)2-3-14(13)24-10-11-5-7-23-9-11/h2-3,8,11H,4-7,9-10H2,1H3,(H,18,22)(H,20,21). The Morgan fingerprint density at radius 1 is 1.50 bits per heavy atom. The number of amides is 2. The number of nitrogens with one attached hydrogen (secondary N) is 1. The Bertz CT molecular complexity index is 590. The number of carboxylic acids is 1. The van der Waals surface area contributed by atoms with Crippen molar-refractivity contribution in [2.75, 3.05) is 38.7 Å². The molecule has 0 aliphatic carbocycles. The zero-order valence-corrected chi connectivity index (χ0v) is 14.2. The molecule has 2 amide bonds. The molecule has 2 N–H and O–H groups in total. The normalized spacial score (nSPS) is 16.7. The Labute approximate surface area is 145 Å². The van der Waals surface area contributed by atoms with Gasteiger partial charge in [0, 0.05) is 31.1 Å². The number of hydrogen-bond donors (Lipinski definition) is 2. The van der Waals surface area contributed by atoms with Gasteiger partial charge in [-0.1, -0.05) is 11.6 Å². The first-order chi connectivity index (χ1) is 11.5. The Morgan fingerprint density at radius 2 is 2.29 bits per heavy atom. The Morgan fingerprint density at radius 3 is 2.96 bits per heavy atom. The average Bonchev–Trinajstić information content (AvgIpc) is 3.05. The van der Waals surface area contributed by atoms with E-state index >= 15 is 0 Å². The van der Waals surface area contributed by atoms with Gasteiger partial charge in [-0.05, 0) is 24.6 Å². The Balaban J connectivity index is 1.97. The summed E-state index contributed by atoms with van der Waals surface area (Å²) in [6.45, 7) is 2.02. The second-order valence-electron chi connectivity index (χ2n) is 5.68. The number of benzene rings is 1. The highest BCUT2D eigenvalue weighted by Crippen LogP contribution is 2.29. The van der Waals surface area contributed by atoms with Crippen molar-refractivity contribution in [1.29, 1.82) is 0 Å². The van der Waals surface area contributed by atoms with Crippen molar-refractivity contribution in [2.45, 2.75) is 12.8 Å². The number of carbonyl (C=O) groups excluding carboxylic acids is 1. The monoisotopic (exact) mass is 356 g/mol. The number of urea groups is 1. The molecule has 1 heterocycles. The van der Waals surface area contributed by atoms with Crippen molar-refractivity contribution in [1.82, 2.24) is 4.90 Å². The minimum atomic E-state index is -0.958. The van der Waals surface area contributed by atoms with Crippen LogP contribution in [0.3, 0.4) is 0 Å². The highest BCUT2D eigenvalue weighted by molar-refractivity contribution is 6.31. The van der Waals surface area contributed by atoms with Crippen LogP contribution < -0.4 is 10.1 Å². The summed E-state index contributed by atoms with van der Waals surface area (Å²) in [7, 11) is 1.53. The highest BCUT2D eigenvalue weighted by atomic mass is 35.5. The summed E-state index contributed by atoms with van der Waals surface area (Å²) in [5, 5.41) is 11.9. The number of rotatable bonds is 7. The van der Waals surface area contributed by atoms with Gasteiger partial charge in [0.25, 0.3) is 0 Å². The van der Waals surface area contributed by atoms with Gasteiger partial charge in [-0.3, -0.25) is 4.79 Å². The summed E-state index contributed by atoms with van der Waals surface area (Å²) in [6, 6.07) is 4.56. The minimum Gasteiger partial charge on any atom is -0.491 e. The van der Waals surface area contributed by atoms with Crippen molar-refractivity contribution in [2.24, 2.45) is 5.92 Å². The smallest absolute Gasteiger partial charge is 0.321 e. The van der Waals surface area contributed by atoms with E-state index in [4.69, 9.17) is 26.2 Å². The van der Waals surface area contributed by atoms with Gasteiger partial charge in [-0.15, -0.1) is 0 Å². The third kappa shape index (κ3) is 5.58. The molecule has 1 aromatic rings. The molecule has 24 heavy (non-hydrogen) atoms. The topological polar surface area (TPSA) is 88.1 Å². The van der Waals surface area contributed by atoms with E-state index in [2.05, 4.69) is 5.32 Å². The van der Waals surface area contributed by atoms with E-state index in [1.807, 2.05) is 0 Å². The number of carbonyl (C=O) groups is 2. The molecule has 7 nitrogen and oxygen atoms in total. The summed E-state index contributed by atoms with van der Waals surface area (Å²) >= 11 is 5.99. The van der Waals surface area contributed by atoms with Crippen molar-refractivity contribution in [3.63, 3.8) is 0 Å². The predicted octanol–water partition coefficient (Wildman–Crippen LogP) is 2.69. The number of anilines is 1. The van der Waals surface area contributed by atoms with Gasteiger partial charge in [0.2, 0.25) is 0 Å². The number of nitrogens with zero attached hydrogens (tertiary/aromatic N) is 1. The van der Waals surface area contributed by atoms with Crippen LogP contribution in [-0.2, 0) is 9.53 Å². The number of aliphatic carboxylic acids is 1. The van der Waals surface area contributed by atoms with Gasteiger partial charge in [0.1, 0.15) is 5.75 Å². The summed E-state index contributed by atoms with van der Waals surface area (Å²) in [4.78, 5) is 24.0. The Kier molecular flexibility index (Phi) is 6.69. The molecule has 1 atom stereocenters. The zero-order valence-electron chi connectivity index (χ0n) is 13.5. The second kappa shape index (κ2) is 8.75. The van der Waals surface area contributed by atoms with E-state index in [1.165, 1.54) is 11.9 Å². The number of hydrogen-bond acceptors (Lipinski definition) is 4. The van der Waals surface area contributed by atoms with E-state index < -0.39 is 12.0 Å². The van der Waals surface area contributed by atoms with Crippen LogP contribution in [0.1, 0.15) is 12.8 Å². The van der Waals surface area contributed by atoms with Gasteiger partial charge >= 0.3 is 12.0 Å². The van der Waals surface area contributed by atoms with Crippen LogP contribution in [0, 0.1) is 5.92 Å². The average molecular weight is 357 g/mol. The third-order valence-corrected chi connectivity index (χ3v) is 3.92. The SMILES string of the molecule is CN(CCC(=O)O)C(=O)Nc1cc(Cl)ccc1OCC1CCOC1. The van der Waals surface area contributed by atoms with Crippen LogP contribution >= 0.6 is 11.6 Å². The molecule has 0 radical (unpaired) electrons. The van der Waals surface area contributed by atoms with Gasteiger partial charge in [-0.2, -0.15) is 0 Å². The van der Waals surface area contributed by atoms with Crippen LogP contribution in [0.15, 0.2) is 18.2 Å². The van der Waals surface area contributed by atoms with E-state index in [1.54, 1.807) is 18.2 Å². The molecule has 0 spiro atoms. The fourth-order valence-electron chi connectivity index (χ4n) is 2.22. The molecular weight excluding hydrogens is 336 g/mol. The molecule has 0 bridgehead atoms. The molecule has 1 aliphatic heterocycles. The van der Waals surface area contributed by atoms with Crippen molar-refractivity contribution in [3.05, 3.63) is 23.2 Å². The van der Waals surface area contributed by atoms with E-state index in [0.29, 0.717) is 35.6 Å². The highest BCUT2D eigenvalue weighted by Gasteiger charge is 2.18. The lowest BCUT2D eigenvalue weighted by molar-refractivity contribution is -0.137. The van der Waals surface area contributed by atoms with Crippen LogP contribution in [0.4, 0.5) is 10.5 Å². The number of halogens is 1. The first-order valence-corrected chi connectivity index (χ1v) is 8.07. The lowest BCUT2D eigenvalue weighted by Gasteiger charge is -2.19. The van der Waals surface area contributed by atoms with Crippen molar-refractivity contribution >= 4 is 29.3 Å². The summed E-state index contributed by atoms with van der Waals surface area (Å²) in [5.74, 6) is -0.103. The largest absolute Gasteiger partial charge is 0.491 e.